The average Bonchev–Trinajstić information content (AvgIpc) is 2.19. The lowest BCUT2D eigenvalue weighted by atomic mass is 10.2. The zero-order valence-electron chi connectivity index (χ0n) is 11.3. The van der Waals surface area contributed by atoms with Crippen molar-refractivity contribution in [2.75, 3.05) is 13.2 Å². The fraction of sp³-hybridized carbons (Fsp3) is 0.667. The maximum Gasteiger partial charge on any atom is 0.408 e. The number of esters is 1. The highest BCUT2D eigenvalue weighted by molar-refractivity contribution is 5.81. The highest BCUT2D eigenvalue weighted by atomic mass is 16.6. The lowest BCUT2D eigenvalue weighted by molar-refractivity contribution is -0.146. The van der Waals surface area contributed by atoms with Gasteiger partial charge in [-0.3, -0.25) is 0 Å². The average molecular weight is 259 g/mol. The first-order valence-electron chi connectivity index (χ1n) is 5.57. The Balaban J connectivity index is 4.29. The van der Waals surface area contributed by atoms with E-state index in [0.29, 0.717) is 5.57 Å². The fourth-order valence-electron chi connectivity index (χ4n) is 0.924. The molecule has 0 aliphatic heterocycles. The van der Waals surface area contributed by atoms with E-state index in [9.17, 15) is 9.59 Å². The van der Waals surface area contributed by atoms with E-state index in [1.165, 1.54) is 0 Å². The van der Waals surface area contributed by atoms with Gasteiger partial charge in [0.2, 0.25) is 0 Å². The van der Waals surface area contributed by atoms with E-state index in [-0.39, 0.29) is 6.61 Å². The number of aliphatic hydroxyl groups is 1. The Morgan fingerprint density at radius 1 is 1.39 bits per heavy atom. The molecular weight excluding hydrogens is 238 g/mol. The van der Waals surface area contributed by atoms with Gasteiger partial charge in [0.15, 0.2) is 6.04 Å². The second-order valence-electron chi connectivity index (χ2n) is 4.95. The molecule has 6 heteroatoms. The van der Waals surface area contributed by atoms with Gasteiger partial charge in [0, 0.05) is 0 Å². The number of carbonyl (C=O) groups excluding carboxylic acids is 2. The van der Waals surface area contributed by atoms with Crippen LogP contribution in [0.25, 0.3) is 0 Å². The number of hydrogen-bond acceptors (Lipinski definition) is 5. The van der Waals surface area contributed by atoms with Crippen molar-refractivity contribution in [2.24, 2.45) is 0 Å². The summed E-state index contributed by atoms with van der Waals surface area (Å²) in [4.78, 5) is 22.9. The van der Waals surface area contributed by atoms with E-state index in [1.807, 2.05) is 0 Å². The van der Waals surface area contributed by atoms with Crippen molar-refractivity contribution in [3.8, 4) is 0 Å². The van der Waals surface area contributed by atoms with E-state index in [0.717, 1.165) is 0 Å². The molecule has 0 aromatic rings. The smallest absolute Gasteiger partial charge is 0.408 e. The summed E-state index contributed by atoms with van der Waals surface area (Å²) < 4.78 is 9.78. The van der Waals surface area contributed by atoms with Crippen molar-refractivity contribution < 1.29 is 24.2 Å². The predicted molar refractivity (Wildman–Crippen MR) is 66.0 cm³/mol. The molecule has 0 bridgehead atoms. The Hall–Kier alpha value is -1.56. The first-order chi connectivity index (χ1) is 8.15. The summed E-state index contributed by atoms with van der Waals surface area (Å²) in [6.45, 7) is 9.84. The number of nitrogens with one attached hydrogen (secondary N) is 1. The van der Waals surface area contributed by atoms with Gasteiger partial charge in [-0.15, -0.1) is 0 Å². The number of ether oxygens (including phenoxy) is 2. The van der Waals surface area contributed by atoms with Gasteiger partial charge in [-0.2, -0.15) is 0 Å². The van der Waals surface area contributed by atoms with Crippen LogP contribution in [0.1, 0.15) is 27.7 Å². The molecule has 0 saturated carbocycles. The van der Waals surface area contributed by atoms with Crippen LogP contribution in [-0.2, 0) is 14.3 Å². The number of hydrogen-bond donors (Lipinski definition) is 2. The molecule has 0 saturated heterocycles. The van der Waals surface area contributed by atoms with E-state index < -0.39 is 30.3 Å². The number of aliphatic hydroxyl groups excluding tert-OH is 1. The SMILES string of the molecule is C=C(C)COC(=O)[C@H](CO)NC(=O)OC(C)(C)C. The Morgan fingerprint density at radius 2 is 1.94 bits per heavy atom. The molecule has 2 N–H and O–H groups in total. The molecule has 0 aromatic heterocycles. The predicted octanol–water partition coefficient (Wildman–Crippen LogP) is 0.991. The summed E-state index contributed by atoms with van der Waals surface area (Å²) in [6.07, 6.45) is -0.783. The normalized spacial score (nSPS) is 12.5. The maximum atomic E-state index is 11.5. The third kappa shape index (κ3) is 7.67. The third-order valence-corrected chi connectivity index (χ3v) is 1.62. The molecule has 0 aromatic carbocycles. The second kappa shape index (κ2) is 7.00. The number of rotatable bonds is 5. The molecule has 0 aliphatic carbocycles. The Bertz CT molecular complexity index is 319. The summed E-state index contributed by atoms with van der Waals surface area (Å²) in [5.41, 5.74) is -0.0107. The highest BCUT2D eigenvalue weighted by Gasteiger charge is 2.24. The Labute approximate surface area is 107 Å². The molecule has 1 amide bonds. The minimum absolute atomic E-state index is 0.0470. The molecule has 0 fully saturated rings. The van der Waals surface area contributed by atoms with Crippen LogP contribution in [0.4, 0.5) is 4.79 Å². The third-order valence-electron chi connectivity index (χ3n) is 1.62. The van der Waals surface area contributed by atoms with E-state index in [4.69, 9.17) is 14.6 Å². The summed E-state index contributed by atoms with van der Waals surface area (Å²) >= 11 is 0. The Kier molecular flexibility index (Phi) is 6.40. The molecule has 0 spiro atoms. The molecule has 0 aliphatic rings. The van der Waals surface area contributed by atoms with Gasteiger partial charge in [-0.1, -0.05) is 6.58 Å². The zero-order chi connectivity index (χ0) is 14.3. The lowest BCUT2D eigenvalue weighted by Crippen LogP contribution is -2.46. The van der Waals surface area contributed by atoms with E-state index in [1.54, 1.807) is 27.7 Å². The highest BCUT2D eigenvalue weighted by Crippen LogP contribution is 2.07. The van der Waals surface area contributed by atoms with Gasteiger partial charge in [0.1, 0.15) is 12.2 Å². The molecule has 18 heavy (non-hydrogen) atoms. The van der Waals surface area contributed by atoms with Crippen molar-refractivity contribution in [1.29, 1.82) is 0 Å². The van der Waals surface area contributed by atoms with Crippen LogP contribution in [0.2, 0.25) is 0 Å². The summed E-state index contributed by atoms with van der Waals surface area (Å²) in [5, 5.41) is 11.2. The van der Waals surface area contributed by atoms with Crippen molar-refractivity contribution in [1.82, 2.24) is 5.32 Å². The van der Waals surface area contributed by atoms with Gasteiger partial charge in [0.25, 0.3) is 0 Å². The van der Waals surface area contributed by atoms with Crippen LogP contribution in [0.15, 0.2) is 12.2 Å². The molecule has 1 atom stereocenters. The van der Waals surface area contributed by atoms with Gasteiger partial charge in [-0.25, -0.2) is 9.59 Å². The number of carbonyl (C=O) groups is 2. The van der Waals surface area contributed by atoms with Crippen LogP contribution in [0.3, 0.4) is 0 Å². The lowest BCUT2D eigenvalue weighted by Gasteiger charge is -2.22. The van der Waals surface area contributed by atoms with Crippen LogP contribution < -0.4 is 5.32 Å². The number of amides is 1. The van der Waals surface area contributed by atoms with Crippen LogP contribution >= 0.6 is 0 Å². The molecule has 0 unspecified atom stereocenters. The first kappa shape index (κ1) is 16.4. The molecule has 0 radical (unpaired) electrons. The second-order valence-corrected chi connectivity index (χ2v) is 4.95. The quantitative estimate of drug-likeness (QED) is 0.568. The monoisotopic (exact) mass is 259 g/mol. The largest absolute Gasteiger partial charge is 0.460 e. The fourth-order valence-corrected chi connectivity index (χ4v) is 0.924. The maximum absolute atomic E-state index is 11.5. The van der Waals surface area contributed by atoms with Crippen LogP contribution in [0, 0.1) is 0 Å². The minimum Gasteiger partial charge on any atom is -0.460 e. The topological polar surface area (TPSA) is 84.9 Å². The van der Waals surface area contributed by atoms with E-state index in [2.05, 4.69) is 11.9 Å². The van der Waals surface area contributed by atoms with Crippen LogP contribution in [-0.4, -0.2) is 42.0 Å². The van der Waals surface area contributed by atoms with Crippen molar-refractivity contribution in [2.45, 2.75) is 39.3 Å². The standard InChI is InChI=1S/C12H21NO5/c1-8(2)7-17-10(15)9(6-14)13-11(16)18-12(3,4)5/h9,14H,1,6-7H2,2-5H3,(H,13,16)/t9-/m0/s1. The summed E-state index contributed by atoms with van der Waals surface area (Å²) in [6, 6.07) is -1.14. The number of alkyl carbamates (subject to hydrolysis) is 1. The van der Waals surface area contributed by atoms with Crippen molar-refractivity contribution in [3.05, 3.63) is 12.2 Å². The van der Waals surface area contributed by atoms with Gasteiger partial charge in [-0.05, 0) is 33.3 Å². The zero-order valence-corrected chi connectivity index (χ0v) is 11.3. The first-order valence-corrected chi connectivity index (χ1v) is 5.57. The molecule has 0 rings (SSSR count). The van der Waals surface area contributed by atoms with Crippen molar-refractivity contribution >= 4 is 12.1 Å². The molecule has 6 nitrogen and oxygen atoms in total. The minimum atomic E-state index is -1.14. The Morgan fingerprint density at radius 3 is 2.33 bits per heavy atom. The molecular formula is C12H21NO5. The van der Waals surface area contributed by atoms with Crippen LogP contribution in [0.5, 0.6) is 0 Å². The molecule has 104 valence electrons. The van der Waals surface area contributed by atoms with E-state index >= 15 is 0 Å². The van der Waals surface area contributed by atoms with Gasteiger partial charge in [0.05, 0.1) is 6.61 Å². The molecule has 0 heterocycles. The summed E-state index contributed by atoms with van der Waals surface area (Å²) in [5.74, 6) is -0.730. The van der Waals surface area contributed by atoms with Crippen molar-refractivity contribution in [3.63, 3.8) is 0 Å². The van der Waals surface area contributed by atoms with Gasteiger partial charge < -0.3 is 19.9 Å². The van der Waals surface area contributed by atoms with Gasteiger partial charge >= 0.3 is 12.1 Å². The summed E-state index contributed by atoms with van der Waals surface area (Å²) in [7, 11) is 0.